The van der Waals surface area contributed by atoms with Crippen LogP contribution < -0.4 is 5.32 Å². The minimum atomic E-state index is -0.331. The quantitative estimate of drug-likeness (QED) is 0.556. The molecule has 0 saturated carbocycles. The Hall–Kier alpha value is -3.33. The summed E-state index contributed by atoms with van der Waals surface area (Å²) >= 11 is 1.44. The second-order valence-corrected chi connectivity index (χ2v) is 6.10. The zero-order valence-corrected chi connectivity index (χ0v) is 14.5. The van der Waals surface area contributed by atoms with Gasteiger partial charge in [0.05, 0.1) is 22.9 Å². The zero-order valence-electron chi connectivity index (χ0n) is 13.7. The summed E-state index contributed by atoms with van der Waals surface area (Å²) in [5.41, 5.74) is 3.04. The third kappa shape index (κ3) is 3.11. The van der Waals surface area contributed by atoms with Crippen LogP contribution in [0.25, 0.3) is 16.7 Å². The minimum absolute atomic E-state index is 0.251. The van der Waals surface area contributed by atoms with Gasteiger partial charge in [-0.05, 0) is 47.0 Å². The number of nitrogens with zero attached hydrogens (tertiary/aromatic N) is 6. The summed E-state index contributed by atoms with van der Waals surface area (Å²) in [5.74, 6) is -0.331. The number of para-hydroxylation sites is 2. The fourth-order valence-electron chi connectivity index (χ4n) is 2.45. The summed E-state index contributed by atoms with van der Waals surface area (Å²) < 4.78 is 1.61. The maximum atomic E-state index is 12.5. The van der Waals surface area contributed by atoms with Crippen LogP contribution in [0.15, 0.2) is 59.9 Å². The predicted octanol–water partition coefficient (Wildman–Crippen LogP) is 2.58. The van der Waals surface area contributed by atoms with Crippen molar-refractivity contribution in [3.05, 3.63) is 60.4 Å². The van der Waals surface area contributed by atoms with Crippen molar-refractivity contribution in [1.82, 2.24) is 30.2 Å². The highest BCUT2D eigenvalue weighted by Crippen LogP contribution is 2.19. The summed E-state index contributed by atoms with van der Waals surface area (Å²) in [4.78, 5) is 21.1. The Kier molecular flexibility index (Phi) is 4.28. The first-order chi connectivity index (χ1) is 12.7. The van der Waals surface area contributed by atoms with Crippen molar-refractivity contribution in [1.29, 1.82) is 0 Å². The first-order valence-corrected chi connectivity index (χ1v) is 8.93. The van der Waals surface area contributed by atoms with Crippen LogP contribution in [0.3, 0.4) is 0 Å². The lowest BCUT2D eigenvalue weighted by atomic mass is 10.2. The number of hydrogen-bond donors (Lipinski definition) is 1. The molecule has 0 aliphatic carbocycles. The van der Waals surface area contributed by atoms with Crippen molar-refractivity contribution in [2.45, 2.75) is 5.16 Å². The number of benzene rings is 2. The summed E-state index contributed by atoms with van der Waals surface area (Å²) in [6.45, 7) is 0. The SMILES string of the molecule is CSc1nnnn1-c1cccc(NC(=O)c2cnc3ccccc3n2)c1. The second-order valence-electron chi connectivity index (χ2n) is 5.33. The smallest absolute Gasteiger partial charge is 0.275 e. The first kappa shape index (κ1) is 16.2. The third-order valence-electron chi connectivity index (χ3n) is 3.65. The molecule has 2 aromatic heterocycles. The van der Waals surface area contributed by atoms with E-state index < -0.39 is 0 Å². The molecule has 0 saturated heterocycles. The van der Waals surface area contributed by atoms with E-state index in [1.54, 1.807) is 16.8 Å². The van der Waals surface area contributed by atoms with E-state index in [0.29, 0.717) is 16.4 Å². The maximum absolute atomic E-state index is 12.5. The number of carbonyl (C=O) groups excluding carboxylic acids is 1. The highest BCUT2D eigenvalue weighted by Gasteiger charge is 2.11. The number of amides is 1. The van der Waals surface area contributed by atoms with Gasteiger partial charge in [0.15, 0.2) is 0 Å². The average Bonchev–Trinajstić information content (AvgIpc) is 3.16. The monoisotopic (exact) mass is 363 g/mol. The molecule has 128 valence electrons. The van der Waals surface area contributed by atoms with Crippen molar-refractivity contribution in [2.75, 3.05) is 11.6 Å². The van der Waals surface area contributed by atoms with Gasteiger partial charge in [-0.25, -0.2) is 4.98 Å². The molecule has 1 N–H and O–H groups in total. The number of carbonyl (C=O) groups is 1. The summed E-state index contributed by atoms with van der Waals surface area (Å²) in [5, 5.41) is 15.1. The van der Waals surface area contributed by atoms with Crippen molar-refractivity contribution < 1.29 is 4.79 Å². The summed E-state index contributed by atoms with van der Waals surface area (Å²) in [6.07, 6.45) is 3.36. The largest absolute Gasteiger partial charge is 0.321 e. The van der Waals surface area contributed by atoms with Gasteiger partial charge in [-0.3, -0.25) is 9.78 Å². The van der Waals surface area contributed by atoms with Crippen LogP contribution in [-0.2, 0) is 0 Å². The van der Waals surface area contributed by atoms with Gasteiger partial charge in [0.1, 0.15) is 5.69 Å². The van der Waals surface area contributed by atoms with E-state index in [2.05, 4.69) is 30.8 Å². The molecule has 0 atom stereocenters. The number of anilines is 1. The number of tetrazole rings is 1. The molecule has 4 aromatic rings. The Morgan fingerprint density at radius 1 is 1.12 bits per heavy atom. The van der Waals surface area contributed by atoms with E-state index in [9.17, 15) is 4.79 Å². The van der Waals surface area contributed by atoms with Crippen LogP contribution in [0.4, 0.5) is 5.69 Å². The van der Waals surface area contributed by atoms with Gasteiger partial charge in [-0.2, -0.15) is 4.68 Å². The molecule has 0 bridgehead atoms. The predicted molar refractivity (Wildman–Crippen MR) is 98.4 cm³/mol. The van der Waals surface area contributed by atoms with Crippen molar-refractivity contribution >= 4 is 34.4 Å². The molecule has 9 heteroatoms. The number of thioether (sulfide) groups is 1. The van der Waals surface area contributed by atoms with Gasteiger partial charge < -0.3 is 5.32 Å². The Morgan fingerprint density at radius 3 is 2.81 bits per heavy atom. The van der Waals surface area contributed by atoms with Crippen LogP contribution in [-0.4, -0.2) is 42.3 Å². The number of aromatic nitrogens is 6. The zero-order chi connectivity index (χ0) is 17.9. The molecule has 4 rings (SSSR count). The molecule has 26 heavy (non-hydrogen) atoms. The molecule has 8 nitrogen and oxygen atoms in total. The van der Waals surface area contributed by atoms with Gasteiger partial charge in [-0.1, -0.05) is 30.0 Å². The van der Waals surface area contributed by atoms with Gasteiger partial charge in [0, 0.05) is 5.69 Å². The Bertz CT molecular complexity index is 1100. The topological polar surface area (TPSA) is 98.5 Å². The molecule has 0 unspecified atom stereocenters. The normalized spacial score (nSPS) is 10.8. The van der Waals surface area contributed by atoms with E-state index in [1.165, 1.54) is 18.0 Å². The third-order valence-corrected chi connectivity index (χ3v) is 4.27. The minimum Gasteiger partial charge on any atom is -0.321 e. The number of rotatable bonds is 4. The van der Waals surface area contributed by atoms with Crippen molar-refractivity contribution in [3.63, 3.8) is 0 Å². The van der Waals surface area contributed by atoms with E-state index in [0.717, 1.165) is 11.2 Å². The number of nitrogens with one attached hydrogen (secondary N) is 1. The Labute approximate surface area is 152 Å². The highest BCUT2D eigenvalue weighted by atomic mass is 32.2. The fraction of sp³-hybridized carbons (Fsp3) is 0.0588. The van der Waals surface area contributed by atoms with Crippen LogP contribution in [0.2, 0.25) is 0 Å². The molecule has 2 aromatic carbocycles. The van der Waals surface area contributed by atoms with E-state index >= 15 is 0 Å². The molecular weight excluding hydrogens is 350 g/mol. The van der Waals surface area contributed by atoms with Gasteiger partial charge >= 0.3 is 0 Å². The Morgan fingerprint density at radius 2 is 1.96 bits per heavy atom. The van der Waals surface area contributed by atoms with E-state index in [4.69, 9.17) is 0 Å². The standard InChI is InChI=1S/C17H13N7OS/c1-26-17-21-22-23-24(17)12-6-4-5-11(9-12)19-16(25)15-10-18-13-7-2-3-8-14(13)20-15/h2-10H,1H3,(H,19,25). The molecule has 1 amide bonds. The molecule has 0 spiro atoms. The molecule has 0 aliphatic rings. The van der Waals surface area contributed by atoms with Gasteiger partial charge in [0.25, 0.3) is 5.91 Å². The molecule has 0 aliphatic heterocycles. The van der Waals surface area contributed by atoms with Crippen LogP contribution in [0, 0.1) is 0 Å². The Balaban J connectivity index is 1.60. The maximum Gasteiger partial charge on any atom is 0.275 e. The molecule has 0 fully saturated rings. The average molecular weight is 363 g/mol. The highest BCUT2D eigenvalue weighted by molar-refractivity contribution is 7.98. The lowest BCUT2D eigenvalue weighted by Gasteiger charge is -2.08. The van der Waals surface area contributed by atoms with E-state index in [1.807, 2.05) is 42.7 Å². The number of fused-ring (bicyclic) bond motifs is 1. The van der Waals surface area contributed by atoms with E-state index in [-0.39, 0.29) is 11.6 Å². The fourth-order valence-corrected chi connectivity index (χ4v) is 2.88. The van der Waals surface area contributed by atoms with Gasteiger partial charge in [-0.15, -0.1) is 5.10 Å². The lowest BCUT2D eigenvalue weighted by molar-refractivity contribution is 0.102. The summed E-state index contributed by atoms with van der Waals surface area (Å²) in [6, 6.07) is 14.7. The number of hydrogen-bond acceptors (Lipinski definition) is 7. The van der Waals surface area contributed by atoms with Crippen LogP contribution in [0.5, 0.6) is 0 Å². The van der Waals surface area contributed by atoms with Crippen molar-refractivity contribution in [3.8, 4) is 5.69 Å². The van der Waals surface area contributed by atoms with Crippen LogP contribution in [0.1, 0.15) is 10.5 Å². The van der Waals surface area contributed by atoms with Crippen LogP contribution >= 0.6 is 11.8 Å². The second kappa shape index (κ2) is 6.89. The molecule has 2 heterocycles. The lowest BCUT2D eigenvalue weighted by Crippen LogP contribution is -2.14. The summed E-state index contributed by atoms with van der Waals surface area (Å²) in [7, 11) is 0. The first-order valence-electron chi connectivity index (χ1n) is 7.70. The van der Waals surface area contributed by atoms with Gasteiger partial charge in [0.2, 0.25) is 5.16 Å². The molecular formula is C17H13N7OS. The van der Waals surface area contributed by atoms with Crippen molar-refractivity contribution in [2.24, 2.45) is 0 Å². The molecule has 0 radical (unpaired) electrons.